The van der Waals surface area contributed by atoms with Crippen LogP contribution in [0.25, 0.3) is 0 Å². The minimum atomic E-state index is 0.547. The second kappa shape index (κ2) is 10.2. The van der Waals surface area contributed by atoms with Crippen molar-refractivity contribution in [2.45, 2.75) is 6.54 Å². The molecule has 7 nitrogen and oxygen atoms in total. The SMILES string of the molecule is NCCOCCOCCOCCn1ccnn1. The summed E-state index contributed by atoms with van der Waals surface area (Å²) in [4.78, 5) is 0. The summed E-state index contributed by atoms with van der Waals surface area (Å²) in [5, 5.41) is 7.52. The third-order valence-corrected chi connectivity index (χ3v) is 1.94. The quantitative estimate of drug-likeness (QED) is 0.517. The number of nitrogens with two attached hydrogens (primary N) is 1. The Kier molecular flexibility index (Phi) is 8.39. The topological polar surface area (TPSA) is 84.4 Å². The fourth-order valence-electron chi connectivity index (χ4n) is 1.14. The molecule has 0 aromatic carbocycles. The van der Waals surface area contributed by atoms with Gasteiger partial charge in [-0.25, -0.2) is 0 Å². The number of ether oxygens (including phenoxy) is 3. The van der Waals surface area contributed by atoms with Crippen LogP contribution in [0.1, 0.15) is 0 Å². The average Bonchev–Trinajstić information content (AvgIpc) is 2.85. The van der Waals surface area contributed by atoms with Gasteiger partial charge in [-0.3, -0.25) is 4.68 Å². The van der Waals surface area contributed by atoms with E-state index in [1.54, 1.807) is 17.1 Å². The van der Waals surface area contributed by atoms with Crippen molar-refractivity contribution in [3.63, 3.8) is 0 Å². The lowest BCUT2D eigenvalue weighted by atomic mass is 10.6. The minimum absolute atomic E-state index is 0.547. The Hall–Kier alpha value is -1.02. The number of hydrogen-bond donors (Lipinski definition) is 1. The first-order chi connectivity index (χ1) is 8.43. The van der Waals surface area contributed by atoms with Crippen LogP contribution >= 0.6 is 0 Å². The first-order valence-electron chi connectivity index (χ1n) is 5.71. The molecule has 0 atom stereocenters. The van der Waals surface area contributed by atoms with Crippen LogP contribution in [0.15, 0.2) is 12.4 Å². The largest absolute Gasteiger partial charge is 0.378 e. The molecule has 0 aliphatic heterocycles. The van der Waals surface area contributed by atoms with Crippen molar-refractivity contribution in [3.8, 4) is 0 Å². The highest BCUT2D eigenvalue weighted by molar-refractivity contribution is 4.63. The third kappa shape index (κ3) is 7.81. The van der Waals surface area contributed by atoms with E-state index in [9.17, 15) is 0 Å². The van der Waals surface area contributed by atoms with E-state index < -0.39 is 0 Å². The summed E-state index contributed by atoms with van der Waals surface area (Å²) >= 11 is 0. The second-order valence-electron chi connectivity index (χ2n) is 3.29. The average molecular weight is 244 g/mol. The maximum absolute atomic E-state index is 5.36. The molecule has 1 heterocycles. The molecule has 0 unspecified atom stereocenters. The molecule has 1 aromatic rings. The van der Waals surface area contributed by atoms with Crippen molar-refractivity contribution in [2.24, 2.45) is 5.73 Å². The molecule has 0 bridgehead atoms. The molecular weight excluding hydrogens is 224 g/mol. The molecule has 0 fully saturated rings. The predicted molar refractivity (Wildman–Crippen MR) is 61.5 cm³/mol. The lowest BCUT2D eigenvalue weighted by Crippen LogP contribution is -2.14. The van der Waals surface area contributed by atoms with Crippen LogP contribution in [-0.4, -0.2) is 61.2 Å². The highest BCUT2D eigenvalue weighted by atomic mass is 16.5. The Balaban J connectivity index is 1.76. The molecule has 1 rings (SSSR count). The highest BCUT2D eigenvalue weighted by Crippen LogP contribution is 1.84. The zero-order chi connectivity index (χ0) is 12.2. The van der Waals surface area contributed by atoms with Gasteiger partial charge in [-0.2, -0.15) is 0 Å². The Bertz CT molecular complexity index is 256. The maximum atomic E-state index is 5.36. The summed E-state index contributed by atoms with van der Waals surface area (Å²) in [5.74, 6) is 0. The molecule has 0 aliphatic rings. The molecule has 7 heteroatoms. The van der Waals surface area contributed by atoms with E-state index in [1.807, 2.05) is 0 Å². The van der Waals surface area contributed by atoms with Gasteiger partial charge in [0, 0.05) is 12.7 Å². The van der Waals surface area contributed by atoms with Gasteiger partial charge < -0.3 is 19.9 Å². The van der Waals surface area contributed by atoms with Crippen molar-refractivity contribution in [1.82, 2.24) is 15.0 Å². The lowest BCUT2D eigenvalue weighted by Gasteiger charge is -2.06. The number of aromatic nitrogens is 3. The molecule has 0 saturated heterocycles. The van der Waals surface area contributed by atoms with Crippen molar-refractivity contribution in [2.75, 3.05) is 46.2 Å². The predicted octanol–water partition coefficient (Wildman–Crippen LogP) is -0.713. The molecule has 1 aromatic heterocycles. The fourth-order valence-corrected chi connectivity index (χ4v) is 1.14. The van der Waals surface area contributed by atoms with Gasteiger partial charge in [0.25, 0.3) is 0 Å². The van der Waals surface area contributed by atoms with Crippen molar-refractivity contribution in [3.05, 3.63) is 12.4 Å². The maximum Gasteiger partial charge on any atom is 0.0701 e. The lowest BCUT2D eigenvalue weighted by molar-refractivity contribution is 0.0141. The van der Waals surface area contributed by atoms with Gasteiger partial charge in [0.1, 0.15) is 0 Å². The molecule has 0 spiro atoms. The van der Waals surface area contributed by atoms with E-state index in [0.29, 0.717) is 52.7 Å². The zero-order valence-electron chi connectivity index (χ0n) is 9.96. The Morgan fingerprint density at radius 1 is 0.941 bits per heavy atom. The van der Waals surface area contributed by atoms with Crippen LogP contribution < -0.4 is 5.73 Å². The summed E-state index contributed by atoms with van der Waals surface area (Å²) in [7, 11) is 0. The minimum Gasteiger partial charge on any atom is -0.378 e. The molecule has 0 radical (unpaired) electrons. The first-order valence-corrected chi connectivity index (χ1v) is 5.71. The van der Waals surface area contributed by atoms with Crippen LogP contribution in [0.5, 0.6) is 0 Å². The van der Waals surface area contributed by atoms with E-state index in [0.717, 1.165) is 0 Å². The Morgan fingerprint density at radius 3 is 2.18 bits per heavy atom. The van der Waals surface area contributed by atoms with Gasteiger partial charge in [0.2, 0.25) is 0 Å². The summed E-state index contributed by atoms with van der Waals surface area (Å²) in [6.07, 6.45) is 3.44. The van der Waals surface area contributed by atoms with Crippen LogP contribution in [0.2, 0.25) is 0 Å². The van der Waals surface area contributed by atoms with Crippen LogP contribution in [-0.2, 0) is 20.8 Å². The summed E-state index contributed by atoms with van der Waals surface area (Å²) in [6, 6.07) is 0. The molecule has 17 heavy (non-hydrogen) atoms. The molecule has 0 saturated carbocycles. The van der Waals surface area contributed by atoms with Gasteiger partial charge in [-0.05, 0) is 0 Å². The summed E-state index contributed by atoms with van der Waals surface area (Å²) < 4.78 is 17.5. The van der Waals surface area contributed by atoms with Crippen molar-refractivity contribution >= 4 is 0 Å². The van der Waals surface area contributed by atoms with Gasteiger partial charge >= 0.3 is 0 Å². The fraction of sp³-hybridized carbons (Fsp3) is 0.800. The summed E-state index contributed by atoms with van der Waals surface area (Å²) in [6.45, 7) is 4.75. The van der Waals surface area contributed by atoms with E-state index in [1.165, 1.54) is 0 Å². The zero-order valence-corrected chi connectivity index (χ0v) is 9.96. The third-order valence-electron chi connectivity index (χ3n) is 1.94. The van der Waals surface area contributed by atoms with E-state index in [2.05, 4.69) is 10.3 Å². The van der Waals surface area contributed by atoms with Crippen molar-refractivity contribution in [1.29, 1.82) is 0 Å². The number of hydrogen-bond acceptors (Lipinski definition) is 6. The normalized spacial score (nSPS) is 10.9. The van der Waals surface area contributed by atoms with Gasteiger partial charge in [-0.15, -0.1) is 5.10 Å². The van der Waals surface area contributed by atoms with Gasteiger partial charge in [0.15, 0.2) is 0 Å². The summed E-state index contributed by atoms with van der Waals surface area (Å²) in [5.41, 5.74) is 5.27. The molecule has 0 aliphatic carbocycles. The van der Waals surface area contributed by atoms with Gasteiger partial charge in [-0.1, -0.05) is 5.21 Å². The van der Waals surface area contributed by atoms with E-state index >= 15 is 0 Å². The molecule has 0 amide bonds. The monoisotopic (exact) mass is 244 g/mol. The molecular formula is C10H20N4O3. The van der Waals surface area contributed by atoms with Crippen LogP contribution in [0.4, 0.5) is 0 Å². The Labute approximate surface area is 101 Å². The Morgan fingerprint density at radius 2 is 1.59 bits per heavy atom. The standard InChI is InChI=1S/C10H20N4O3/c11-1-5-15-7-9-17-10-8-16-6-4-14-3-2-12-13-14/h2-3H,1,4-11H2. The number of nitrogens with zero attached hydrogens (tertiary/aromatic N) is 3. The van der Waals surface area contributed by atoms with E-state index in [-0.39, 0.29) is 0 Å². The molecule has 98 valence electrons. The van der Waals surface area contributed by atoms with Crippen LogP contribution in [0, 0.1) is 0 Å². The van der Waals surface area contributed by atoms with Crippen LogP contribution in [0.3, 0.4) is 0 Å². The molecule has 2 N–H and O–H groups in total. The second-order valence-corrected chi connectivity index (χ2v) is 3.29. The van der Waals surface area contributed by atoms with E-state index in [4.69, 9.17) is 19.9 Å². The smallest absolute Gasteiger partial charge is 0.0701 e. The highest BCUT2D eigenvalue weighted by Gasteiger charge is 1.93. The first kappa shape index (κ1) is 14.0. The van der Waals surface area contributed by atoms with Gasteiger partial charge in [0.05, 0.1) is 52.4 Å². The number of rotatable bonds is 11. The van der Waals surface area contributed by atoms with Crippen molar-refractivity contribution < 1.29 is 14.2 Å².